The molecule has 0 unspecified atom stereocenters. The van der Waals surface area contributed by atoms with Gasteiger partial charge in [0.15, 0.2) is 0 Å². The molecule has 30 heavy (non-hydrogen) atoms. The molecule has 0 bridgehead atoms. The van der Waals surface area contributed by atoms with Crippen molar-refractivity contribution in [3.8, 4) is 0 Å². The molecule has 2 amide bonds. The molecule has 2 aromatic rings. The van der Waals surface area contributed by atoms with Crippen molar-refractivity contribution in [1.82, 2.24) is 14.9 Å². The number of piperazine rings is 1. The molecule has 1 fully saturated rings. The van der Waals surface area contributed by atoms with E-state index < -0.39 is 22.8 Å². The number of hydrogen-bond acceptors (Lipinski definition) is 5. The van der Waals surface area contributed by atoms with Crippen molar-refractivity contribution < 1.29 is 18.0 Å². The summed E-state index contributed by atoms with van der Waals surface area (Å²) in [6.45, 7) is 3.73. The van der Waals surface area contributed by atoms with Crippen LogP contribution in [0.3, 0.4) is 0 Å². The molecule has 0 atom stereocenters. The van der Waals surface area contributed by atoms with E-state index in [-0.39, 0.29) is 5.69 Å². The normalized spacial score (nSPS) is 14.6. The van der Waals surface area contributed by atoms with Crippen LogP contribution in [0, 0.1) is 6.92 Å². The lowest BCUT2D eigenvalue weighted by molar-refractivity contribution is -0.137. The van der Waals surface area contributed by atoms with Gasteiger partial charge in [0.1, 0.15) is 17.5 Å². The van der Waals surface area contributed by atoms with Crippen LogP contribution >= 0.6 is 11.6 Å². The second-order valence-electron chi connectivity index (χ2n) is 7.12. The van der Waals surface area contributed by atoms with Gasteiger partial charge in [-0.1, -0.05) is 11.6 Å². The van der Waals surface area contributed by atoms with E-state index in [0.717, 1.165) is 23.8 Å². The van der Waals surface area contributed by atoms with Crippen molar-refractivity contribution in [3.05, 3.63) is 40.7 Å². The molecule has 1 aromatic heterocycles. The number of nitrogens with one attached hydrogen (secondary N) is 1. The van der Waals surface area contributed by atoms with Crippen molar-refractivity contribution in [1.29, 1.82) is 0 Å². The average Bonchev–Trinajstić information content (AvgIpc) is 2.68. The zero-order valence-corrected chi connectivity index (χ0v) is 17.5. The maximum absolute atomic E-state index is 13.0. The van der Waals surface area contributed by atoms with Crippen LogP contribution in [0.2, 0.25) is 5.02 Å². The largest absolute Gasteiger partial charge is 0.417 e. The second kappa shape index (κ2) is 8.55. The van der Waals surface area contributed by atoms with Crippen LogP contribution in [0.1, 0.15) is 11.4 Å². The molecule has 1 saturated heterocycles. The lowest BCUT2D eigenvalue weighted by atomic mass is 10.2. The maximum Gasteiger partial charge on any atom is 0.417 e. The number of carbonyl (C=O) groups is 1. The van der Waals surface area contributed by atoms with Crippen LogP contribution in [0.25, 0.3) is 0 Å². The fourth-order valence-corrected chi connectivity index (χ4v) is 3.31. The minimum atomic E-state index is -4.59. The van der Waals surface area contributed by atoms with Crippen LogP contribution in [-0.2, 0) is 6.18 Å². The highest BCUT2D eigenvalue weighted by Gasteiger charge is 2.33. The number of rotatable bonds is 3. The van der Waals surface area contributed by atoms with Gasteiger partial charge < -0.3 is 20.0 Å². The topological polar surface area (TPSA) is 64.6 Å². The first kappa shape index (κ1) is 21.9. The summed E-state index contributed by atoms with van der Waals surface area (Å²) in [5.41, 5.74) is -0.941. The van der Waals surface area contributed by atoms with E-state index in [4.69, 9.17) is 11.6 Å². The average molecular weight is 443 g/mol. The van der Waals surface area contributed by atoms with Gasteiger partial charge in [0.25, 0.3) is 0 Å². The SMILES string of the molecule is Cc1nc(N(C)C)cc(N2CCN(C(=O)Nc3ccc(Cl)c(C(F)(F)F)c3)CC2)n1. The number of amides is 2. The van der Waals surface area contributed by atoms with Gasteiger partial charge in [-0.25, -0.2) is 14.8 Å². The number of aromatic nitrogens is 2. The molecule has 1 aliphatic heterocycles. The van der Waals surface area contributed by atoms with Crippen LogP contribution in [-0.4, -0.2) is 61.2 Å². The third-order valence-electron chi connectivity index (χ3n) is 4.68. The highest BCUT2D eigenvalue weighted by Crippen LogP contribution is 2.36. The molecule has 162 valence electrons. The molecule has 1 aliphatic rings. The predicted molar refractivity (Wildman–Crippen MR) is 110 cm³/mol. The second-order valence-corrected chi connectivity index (χ2v) is 7.53. The van der Waals surface area contributed by atoms with Crippen molar-refractivity contribution in [2.24, 2.45) is 0 Å². The van der Waals surface area contributed by atoms with Gasteiger partial charge in [0, 0.05) is 52.0 Å². The van der Waals surface area contributed by atoms with E-state index in [0.29, 0.717) is 32.0 Å². The summed E-state index contributed by atoms with van der Waals surface area (Å²) < 4.78 is 39.0. The lowest BCUT2D eigenvalue weighted by Crippen LogP contribution is -2.50. The Labute approximate surface area is 177 Å². The number of halogens is 4. The van der Waals surface area contributed by atoms with E-state index in [1.165, 1.54) is 6.07 Å². The molecule has 3 rings (SSSR count). The third-order valence-corrected chi connectivity index (χ3v) is 5.01. The van der Waals surface area contributed by atoms with Gasteiger partial charge in [-0.2, -0.15) is 13.2 Å². The number of urea groups is 1. The molecule has 1 N–H and O–H groups in total. The Hall–Kier alpha value is -2.75. The number of benzene rings is 1. The fourth-order valence-electron chi connectivity index (χ4n) is 3.09. The molecule has 0 aliphatic carbocycles. The molecule has 1 aromatic carbocycles. The van der Waals surface area contributed by atoms with Crippen LogP contribution in [0.4, 0.5) is 35.3 Å². The molecule has 11 heteroatoms. The van der Waals surface area contributed by atoms with Gasteiger partial charge in [-0.15, -0.1) is 0 Å². The van der Waals surface area contributed by atoms with E-state index >= 15 is 0 Å². The summed E-state index contributed by atoms with van der Waals surface area (Å²) in [7, 11) is 3.80. The summed E-state index contributed by atoms with van der Waals surface area (Å²) >= 11 is 5.62. The molecular formula is C19H22ClF3N6O. The van der Waals surface area contributed by atoms with E-state index in [9.17, 15) is 18.0 Å². The summed E-state index contributed by atoms with van der Waals surface area (Å²) in [4.78, 5) is 26.8. The Morgan fingerprint density at radius 1 is 1.13 bits per heavy atom. The number of nitrogens with zero attached hydrogens (tertiary/aromatic N) is 5. The summed E-state index contributed by atoms with van der Waals surface area (Å²) in [5, 5.41) is 2.11. The first-order valence-electron chi connectivity index (χ1n) is 9.25. The highest BCUT2D eigenvalue weighted by atomic mass is 35.5. The highest BCUT2D eigenvalue weighted by molar-refractivity contribution is 6.31. The zero-order valence-electron chi connectivity index (χ0n) is 16.8. The zero-order chi connectivity index (χ0) is 22.1. The molecule has 7 nitrogen and oxygen atoms in total. The quantitative estimate of drug-likeness (QED) is 0.781. The van der Waals surface area contributed by atoms with Crippen molar-refractivity contribution in [3.63, 3.8) is 0 Å². The fraction of sp³-hybridized carbons (Fsp3) is 0.421. The van der Waals surface area contributed by atoms with Crippen molar-refractivity contribution in [2.45, 2.75) is 13.1 Å². The Morgan fingerprint density at radius 2 is 1.80 bits per heavy atom. The Morgan fingerprint density at radius 3 is 2.40 bits per heavy atom. The minimum absolute atomic E-state index is 0.0428. The summed E-state index contributed by atoms with van der Waals surface area (Å²) in [5.74, 6) is 2.22. The maximum atomic E-state index is 13.0. The lowest BCUT2D eigenvalue weighted by Gasteiger charge is -2.35. The number of aryl methyl sites for hydroxylation is 1. The minimum Gasteiger partial charge on any atom is -0.363 e. The van der Waals surface area contributed by atoms with Gasteiger partial charge in [0.05, 0.1) is 10.6 Å². The molecular weight excluding hydrogens is 421 g/mol. The predicted octanol–water partition coefficient (Wildman–Crippen LogP) is 3.88. The van der Waals surface area contributed by atoms with Crippen LogP contribution < -0.4 is 15.1 Å². The Bertz CT molecular complexity index is 929. The van der Waals surface area contributed by atoms with Gasteiger partial charge in [-0.05, 0) is 25.1 Å². The molecule has 0 spiro atoms. The smallest absolute Gasteiger partial charge is 0.363 e. The van der Waals surface area contributed by atoms with Gasteiger partial charge in [0.2, 0.25) is 0 Å². The van der Waals surface area contributed by atoms with Crippen molar-refractivity contribution >= 4 is 35.0 Å². The monoisotopic (exact) mass is 442 g/mol. The van der Waals surface area contributed by atoms with E-state index in [1.807, 2.05) is 32.0 Å². The van der Waals surface area contributed by atoms with Crippen LogP contribution in [0.15, 0.2) is 24.3 Å². The summed E-state index contributed by atoms with van der Waals surface area (Å²) in [6.07, 6.45) is -4.59. The van der Waals surface area contributed by atoms with Gasteiger partial charge in [-0.3, -0.25) is 0 Å². The molecule has 2 heterocycles. The van der Waals surface area contributed by atoms with Crippen LogP contribution in [0.5, 0.6) is 0 Å². The van der Waals surface area contributed by atoms with Crippen molar-refractivity contribution in [2.75, 3.05) is 55.4 Å². The number of carbonyl (C=O) groups excluding carboxylic acids is 1. The Balaban J connectivity index is 1.64. The third kappa shape index (κ3) is 5.05. The number of anilines is 3. The molecule has 0 radical (unpaired) electrons. The van der Waals surface area contributed by atoms with Gasteiger partial charge >= 0.3 is 12.2 Å². The van der Waals surface area contributed by atoms with E-state index in [1.54, 1.807) is 4.90 Å². The number of alkyl halides is 3. The first-order valence-corrected chi connectivity index (χ1v) is 9.63. The standard InChI is InChI=1S/C19H22ClF3N6O/c1-12-24-16(27(2)3)11-17(25-12)28-6-8-29(9-7-28)18(30)26-13-4-5-15(20)14(10-13)19(21,22)23/h4-5,10-11H,6-9H2,1-3H3,(H,26,30). The first-order chi connectivity index (χ1) is 14.0. The number of hydrogen-bond donors (Lipinski definition) is 1. The summed E-state index contributed by atoms with van der Waals surface area (Å²) in [6, 6.07) is 4.73. The van der Waals surface area contributed by atoms with E-state index in [2.05, 4.69) is 20.2 Å². The molecule has 0 saturated carbocycles. The Kier molecular flexibility index (Phi) is 6.25.